The van der Waals surface area contributed by atoms with Crippen molar-refractivity contribution >= 4 is 5.71 Å². The zero-order chi connectivity index (χ0) is 8.81. The van der Waals surface area contributed by atoms with Crippen LogP contribution in [0.5, 0.6) is 0 Å². The first-order chi connectivity index (χ1) is 5.79. The molecule has 0 aliphatic carbocycles. The number of allylic oxidation sites excluding steroid dienone is 1. The first kappa shape index (κ1) is 9.06. The molecule has 12 heavy (non-hydrogen) atoms. The summed E-state index contributed by atoms with van der Waals surface area (Å²) in [4.78, 5) is 3.93. The molecule has 2 heterocycles. The third-order valence-corrected chi connectivity index (χ3v) is 1.43. The van der Waals surface area contributed by atoms with Gasteiger partial charge < -0.3 is 14.8 Å². The van der Waals surface area contributed by atoms with Crippen molar-refractivity contribution in [3.05, 3.63) is 12.0 Å². The van der Waals surface area contributed by atoms with Gasteiger partial charge in [0.25, 0.3) is 0 Å². The highest BCUT2D eigenvalue weighted by Gasteiger charge is 1.96. The summed E-state index contributed by atoms with van der Waals surface area (Å²) in [6, 6.07) is 0. The molecule has 0 spiro atoms. The average Bonchev–Trinajstić information content (AvgIpc) is 2.63. The topological polar surface area (TPSA) is 42.8 Å². The van der Waals surface area contributed by atoms with E-state index in [9.17, 15) is 0 Å². The summed E-state index contributed by atoms with van der Waals surface area (Å²) >= 11 is 0. The Morgan fingerprint density at radius 2 is 2.33 bits per heavy atom. The molecule has 2 aliphatic heterocycles. The standard InChI is InChI=1S/2C4H7NO/c2*1-4-2-6-3-5-4/h2-3H2,1H3;2,5H,3H2,1H3. The highest BCUT2D eigenvalue weighted by atomic mass is 16.5. The predicted octanol–water partition coefficient (Wildman–Crippen LogP) is 0.860. The fraction of sp³-hybridized carbons (Fsp3) is 0.625. The molecule has 4 nitrogen and oxygen atoms in total. The number of ether oxygens (including phenoxy) is 2. The largest absolute Gasteiger partial charge is 0.479 e. The monoisotopic (exact) mass is 170 g/mol. The van der Waals surface area contributed by atoms with Crippen LogP contribution in [0.3, 0.4) is 0 Å². The van der Waals surface area contributed by atoms with Gasteiger partial charge in [0.1, 0.15) is 13.0 Å². The third-order valence-electron chi connectivity index (χ3n) is 1.43. The van der Waals surface area contributed by atoms with E-state index in [2.05, 4.69) is 10.3 Å². The fourth-order valence-corrected chi connectivity index (χ4v) is 0.759. The van der Waals surface area contributed by atoms with Crippen molar-refractivity contribution in [2.24, 2.45) is 4.99 Å². The van der Waals surface area contributed by atoms with E-state index in [1.807, 2.05) is 13.8 Å². The molecule has 2 aliphatic rings. The maximum absolute atomic E-state index is 4.85. The summed E-state index contributed by atoms with van der Waals surface area (Å²) in [7, 11) is 0. The molecule has 0 aromatic carbocycles. The van der Waals surface area contributed by atoms with Gasteiger partial charge in [0.2, 0.25) is 0 Å². The number of nitrogens with one attached hydrogen (secondary N) is 1. The molecular formula is C8H14N2O2. The van der Waals surface area contributed by atoms with Crippen LogP contribution in [0.1, 0.15) is 13.8 Å². The summed E-state index contributed by atoms with van der Waals surface area (Å²) in [6.45, 7) is 5.89. The lowest BCUT2D eigenvalue weighted by Gasteiger charge is -1.86. The molecule has 0 fully saturated rings. The fourth-order valence-electron chi connectivity index (χ4n) is 0.759. The molecule has 0 aromatic rings. The van der Waals surface area contributed by atoms with Gasteiger partial charge in [-0.15, -0.1) is 0 Å². The van der Waals surface area contributed by atoms with Gasteiger partial charge in [-0.25, -0.2) is 0 Å². The van der Waals surface area contributed by atoms with Gasteiger partial charge in [0.15, 0.2) is 6.73 Å². The number of hydrogen-bond acceptors (Lipinski definition) is 4. The van der Waals surface area contributed by atoms with Gasteiger partial charge in [0, 0.05) is 11.4 Å². The number of hydrogen-bond donors (Lipinski definition) is 1. The Morgan fingerprint density at radius 1 is 1.50 bits per heavy atom. The smallest absolute Gasteiger partial charge is 0.158 e. The highest BCUT2D eigenvalue weighted by Crippen LogP contribution is 1.92. The Morgan fingerprint density at radius 3 is 2.50 bits per heavy atom. The van der Waals surface area contributed by atoms with E-state index in [0.29, 0.717) is 13.5 Å². The van der Waals surface area contributed by atoms with E-state index in [0.717, 1.165) is 18.0 Å². The average molecular weight is 170 g/mol. The van der Waals surface area contributed by atoms with Crippen molar-refractivity contribution in [2.45, 2.75) is 13.8 Å². The maximum Gasteiger partial charge on any atom is 0.158 e. The van der Waals surface area contributed by atoms with E-state index in [1.54, 1.807) is 6.26 Å². The quantitative estimate of drug-likeness (QED) is 0.586. The molecule has 0 bridgehead atoms. The summed E-state index contributed by atoms with van der Waals surface area (Å²) in [6.07, 6.45) is 1.71. The third kappa shape index (κ3) is 3.39. The number of nitrogens with zero attached hydrogens (tertiary/aromatic N) is 1. The van der Waals surface area contributed by atoms with E-state index >= 15 is 0 Å². The van der Waals surface area contributed by atoms with Gasteiger partial charge in [-0.3, -0.25) is 4.99 Å². The van der Waals surface area contributed by atoms with Crippen LogP contribution in [0, 0.1) is 0 Å². The first-order valence-corrected chi connectivity index (χ1v) is 3.89. The van der Waals surface area contributed by atoms with E-state index in [4.69, 9.17) is 9.47 Å². The number of rotatable bonds is 0. The molecule has 1 N–H and O–H groups in total. The lowest BCUT2D eigenvalue weighted by Crippen LogP contribution is -2.04. The maximum atomic E-state index is 4.85. The Hall–Kier alpha value is -1.03. The van der Waals surface area contributed by atoms with Gasteiger partial charge in [-0.05, 0) is 13.8 Å². The molecule has 0 aromatic heterocycles. The molecular weight excluding hydrogens is 156 g/mol. The van der Waals surface area contributed by atoms with Gasteiger partial charge in [0.05, 0.1) is 6.61 Å². The minimum atomic E-state index is 0.575. The molecule has 0 unspecified atom stereocenters. The zero-order valence-electron chi connectivity index (χ0n) is 7.46. The minimum Gasteiger partial charge on any atom is -0.479 e. The van der Waals surface area contributed by atoms with Crippen LogP contribution in [-0.2, 0) is 9.47 Å². The molecule has 0 atom stereocenters. The lowest BCUT2D eigenvalue weighted by atomic mass is 10.5. The van der Waals surface area contributed by atoms with Crippen molar-refractivity contribution in [3.8, 4) is 0 Å². The van der Waals surface area contributed by atoms with Gasteiger partial charge in [-0.1, -0.05) is 0 Å². The van der Waals surface area contributed by atoms with Crippen molar-refractivity contribution in [3.63, 3.8) is 0 Å². The van der Waals surface area contributed by atoms with Crippen LogP contribution in [0.4, 0.5) is 0 Å². The van der Waals surface area contributed by atoms with Crippen LogP contribution in [-0.4, -0.2) is 25.8 Å². The Labute approximate surface area is 72.3 Å². The van der Waals surface area contributed by atoms with Crippen molar-refractivity contribution in [2.75, 3.05) is 20.1 Å². The van der Waals surface area contributed by atoms with Crippen molar-refractivity contribution in [1.29, 1.82) is 0 Å². The van der Waals surface area contributed by atoms with Crippen LogP contribution < -0.4 is 5.32 Å². The second-order valence-corrected chi connectivity index (χ2v) is 2.66. The SMILES string of the molecule is CC1=COCN1.CC1=NCOC1. The van der Waals surface area contributed by atoms with E-state index in [1.165, 1.54) is 0 Å². The predicted molar refractivity (Wildman–Crippen MR) is 46.8 cm³/mol. The molecule has 0 amide bonds. The Balaban J connectivity index is 0.000000120. The molecule has 68 valence electrons. The summed E-state index contributed by atoms with van der Waals surface area (Å²) in [5, 5.41) is 2.96. The summed E-state index contributed by atoms with van der Waals surface area (Å²) in [5.41, 5.74) is 2.21. The highest BCUT2D eigenvalue weighted by molar-refractivity contribution is 5.83. The van der Waals surface area contributed by atoms with Gasteiger partial charge >= 0.3 is 0 Å². The van der Waals surface area contributed by atoms with E-state index < -0.39 is 0 Å². The van der Waals surface area contributed by atoms with Gasteiger partial charge in [-0.2, -0.15) is 0 Å². The van der Waals surface area contributed by atoms with E-state index in [-0.39, 0.29) is 0 Å². The Kier molecular flexibility index (Phi) is 3.60. The Bertz CT molecular complexity index is 177. The molecule has 2 rings (SSSR count). The van der Waals surface area contributed by atoms with Crippen molar-refractivity contribution in [1.82, 2.24) is 5.32 Å². The van der Waals surface area contributed by atoms with Crippen LogP contribution in [0.25, 0.3) is 0 Å². The van der Waals surface area contributed by atoms with Crippen LogP contribution >= 0.6 is 0 Å². The second-order valence-electron chi connectivity index (χ2n) is 2.66. The molecule has 4 heteroatoms. The zero-order valence-corrected chi connectivity index (χ0v) is 7.46. The van der Waals surface area contributed by atoms with Crippen molar-refractivity contribution < 1.29 is 9.47 Å². The van der Waals surface area contributed by atoms with Crippen LogP contribution in [0.15, 0.2) is 17.0 Å². The van der Waals surface area contributed by atoms with Crippen LogP contribution in [0.2, 0.25) is 0 Å². The molecule has 0 saturated carbocycles. The summed E-state index contributed by atoms with van der Waals surface area (Å²) in [5.74, 6) is 0. The minimum absolute atomic E-state index is 0.575. The number of aliphatic imine (C=N–C) groups is 1. The second kappa shape index (κ2) is 4.77. The first-order valence-electron chi connectivity index (χ1n) is 3.89. The normalized spacial score (nSPS) is 19.8. The summed E-state index contributed by atoms with van der Waals surface area (Å²) < 4.78 is 9.64. The lowest BCUT2D eigenvalue weighted by molar-refractivity contribution is 0.202. The molecule has 0 radical (unpaired) electrons. The molecule has 0 saturated heterocycles.